The second kappa shape index (κ2) is 4.68. The number of anilines is 1. The highest BCUT2D eigenvalue weighted by Gasteiger charge is 2.29. The average molecular weight is 232 g/mol. The fraction of sp³-hybridized carbons (Fsp3) is 0.583. The van der Waals surface area contributed by atoms with Crippen LogP contribution < -0.4 is 5.32 Å². The first-order chi connectivity index (χ1) is 8.13. The normalized spacial score (nSPS) is 16.4. The van der Waals surface area contributed by atoms with Crippen molar-refractivity contribution < 1.29 is 5.11 Å². The Kier molecular flexibility index (Phi) is 3.25. The number of hydrogen-bond acceptors (Lipinski definition) is 5. The molecule has 1 aromatic heterocycles. The van der Waals surface area contributed by atoms with Gasteiger partial charge in [-0.05, 0) is 38.2 Å². The van der Waals surface area contributed by atoms with Gasteiger partial charge in [-0.3, -0.25) is 0 Å². The van der Waals surface area contributed by atoms with Crippen LogP contribution in [0.5, 0.6) is 0 Å². The maximum Gasteiger partial charge on any atom is 0.167 e. The van der Waals surface area contributed by atoms with Crippen LogP contribution in [0.1, 0.15) is 29.7 Å². The van der Waals surface area contributed by atoms with Crippen LogP contribution in [0.4, 0.5) is 5.82 Å². The summed E-state index contributed by atoms with van der Waals surface area (Å²) in [5, 5.41) is 29.8. The van der Waals surface area contributed by atoms with Crippen LogP contribution in [0.3, 0.4) is 0 Å². The van der Waals surface area contributed by atoms with Crippen LogP contribution in [0.15, 0.2) is 0 Å². The zero-order chi connectivity index (χ0) is 12.4. The lowest BCUT2D eigenvalue weighted by atomic mass is 10.1. The third-order valence-corrected chi connectivity index (χ3v) is 3.21. The van der Waals surface area contributed by atoms with E-state index in [0.717, 1.165) is 24.1 Å². The summed E-state index contributed by atoms with van der Waals surface area (Å²) >= 11 is 0. The summed E-state index contributed by atoms with van der Waals surface area (Å²) in [4.78, 5) is 0. The number of aliphatic hydroxyl groups is 1. The monoisotopic (exact) mass is 232 g/mol. The van der Waals surface area contributed by atoms with Crippen LogP contribution in [-0.2, 0) is 0 Å². The molecule has 17 heavy (non-hydrogen) atoms. The van der Waals surface area contributed by atoms with Gasteiger partial charge in [0.05, 0.1) is 11.8 Å². The second-order valence-corrected chi connectivity index (χ2v) is 4.53. The molecule has 1 heterocycles. The average Bonchev–Trinajstić information content (AvgIpc) is 3.14. The Morgan fingerprint density at radius 3 is 2.76 bits per heavy atom. The zero-order valence-corrected chi connectivity index (χ0v) is 10.1. The zero-order valence-electron chi connectivity index (χ0n) is 10.1. The van der Waals surface area contributed by atoms with E-state index >= 15 is 0 Å². The topological polar surface area (TPSA) is 81.8 Å². The molecule has 1 atom stereocenters. The van der Waals surface area contributed by atoms with Crippen molar-refractivity contribution in [3.05, 3.63) is 16.8 Å². The molecule has 5 heteroatoms. The van der Waals surface area contributed by atoms with E-state index in [1.165, 1.54) is 0 Å². The van der Waals surface area contributed by atoms with E-state index in [4.69, 9.17) is 5.26 Å². The Bertz CT molecular complexity index is 462. The van der Waals surface area contributed by atoms with E-state index in [1.54, 1.807) is 0 Å². The van der Waals surface area contributed by atoms with Crippen molar-refractivity contribution in [3.8, 4) is 6.07 Å². The summed E-state index contributed by atoms with van der Waals surface area (Å²) in [6, 6.07) is 2.13. The number of nitrogens with zero attached hydrogens (tertiary/aromatic N) is 3. The third-order valence-electron chi connectivity index (χ3n) is 3.21. The molecule has 1 aliphatic carbocycles. The number of aryl methyl sites for hydroxylation is 1. The smallest absolute Gasteiger partial charge is 0.167 e. The molecule has 90 valence electrons. The minimum atomic E-state index is -0.357. The van der Waals surface area contributed by atoms with E-state index < -0.39 is 0 Å². The minimum Gasteiger partial charge on any atom is -0.391 e. The maximum absolute atomic E-state index is 9.74. The molecule has 2 N–H and O–H groups in total. The lowest BCUT2D eigenvalue weighted by Crippen LogP contribution is -2.22. The van der Waals surface area contributed by atoms with E-state index in [0.29, 0.717) is 23.8 Å². The molecule has 5 nitrogen and oxygen atoms in total. The molecular weight excluding hydrogens is 216 g/mol. The predicted molar refractivity (Wildman–Crippen MR) is 63.4 cm³/mol. The van der Waals surface area contributed by atoms with Gasteiger partial charge in [0.25, 0.3) is 0 Å². The molecule has 1 fully saturated rings. The van der Waals surface area contributed by atoms with Crippen molar-refractivity contribution in [3.63, 3.8) is 0 Å². The molecule has 0 radical (unpaired) electrons. The highest BCUT2D eigenvalue weighted by molar-refractivity contribution is 5.55. The van der Waals surface area contributed by atoms with Crippen molar-refractivity contribution in [2.45, 2.75) is 32.8 Å². The molecule has 1 unspecified atom stereocenters. The lowest BCUT2D eigenvalue weighted by molar-refractivity contribution is 0.164. The van der Waals surface area contributed by atoms with Crippen molar-refractivity contribution in [2.75, 3.05) is 11.9 Å². The molecular formula is C12H16N4O. The van der Waals surface area contributed by atoms with E-state index in [-0.39, 0.29) is 6.10 Å². The van der Waals surface area contributed by atoms with Crippen molar-refractivity contribution in [1.29, 1.82) is 5.26 Å². The summed E-state index contributed by atoms with van der Waals surface area (Å²) in [5.74, 6) is 0.878. The van der Waals surface area contributed by atoms with Crippen LogP contribution in [0.25, 0.3) is 0 Å². The van der Waals surface area contributed by atoms with Gasteiger partial charge in [0.2, 0.25) is 0 Å². The third kappa shape index (κ3) is 2.53. The van der Waals surface area contributed by atoms with Crippen LogP contribution >= 0.6 is 0 Å². The maximum atomic E-state index is 9.74. The first-order valence-electron chi connectivity index (χ1n) is 5.79. The number of rotatable bonds is 4. The number of aliphatic hydroxyl groups excluding tert-OH is 1. The SMILES string of the molecule is Cc1nnc(NCC(O)C2CC2)c(C#N)c1C. The van der Waals surface area contributed by atoms with Crippen LogP contribution in [-0.4, -0.2) is 28.0 Å². The molecule has 0 aromatic carbocycles. The first kappa shape index (κ1) is 11.8. The highest BCUT2D eigenvalue weighted by Crippen LogP contribution is 2.32. The van der Waals surface area contributed by atoms with Crippen molar-refractivity contribution in [2.24, 2.45) is 5.92 Å². The van der Waals surface area contributed by atoms with Gasteiger partial charge in [0.15, 0.2) is 5.82 Å². The molecule has 2 rings (SSSR count). The summed E-state index contributed by atoms with van der Waals surface area (Å²) in [6.45, 7) is 4.10. The summed E-state index contributed by atoms with van der Waals surface area (Å²) in [5.41, 5.74) is 2.11. The molecule has 1 aliphatic rings. The van der Waals surface area contributed by atoms with Gasteiger partial charge in [-0.1, -0.05) is 0 Å². The van der Waals surface area contributed by atoms with E-state index in [1.807, 2.05) is 13.8 Å². The fourth-order valence-electron chi connectivity index (χ4n) is 1.72. The Balaban J connectivity index is 2.10. The largest absolute Gasteiger partial charge is 0.391 e. The van der Waals surface area contributed by atoms with Gasteiger partial charge in [-0.2, -0.15) is 10.4 Å². The molecule has 1 aromatic rings. The minimum absolute atomic E-state index is 0.357. The van der Waals surface area contributed by atoms with Gasteiger partial charge in [-0.15, -0.1) is 5.10 Å². The van der Waals surface area contributed by atoms with Crippen LogP contribution in [0, 0.1) is 31.1 Å². The molecule has 0 bridgehead atoms. The molecule has 0 amide bonds. The molecule has 0 saturated heterocycles. The van der Waals surface area contributed by atoms with Crippen molar-refractivity contribution >= 4 is 5.82 Å². The van der Waals surface area contributed by atoms with Gasteiger partial charge >= 0.3 is 0 Å². The molecule has 1 saturated carbocycles. The quantitative estimate of drug-likeness (QED) is 0.813. The molecule has 0 aliphatic heterocycles. The van der Waals surface area contributed by atoms with E-state index in [9.17, 15) is 5.11 Å². The standard InChI is InChI=1S/C12H16N4O/c1-7-8(2)15-16-12(10(7)5-13)14-6-11(17)9-3-4-9/h9,11,17H,3-4,6H2,1-2H3,(H,14,16). The van der Waals surface area contributed by atoms with Gasteiger partial charge in [0.1, 0.15) is 11.6 Å². The Labute approximate surface area is 100 Å². The lowest BCUT2D eigenvalue weighted by Gasteiger charge is -2.12. The predicted octanol–water partition coefficient (Wildman–Crippen LogP) is 1.15. The Morgan fingerprint density at radius 1 is 1.47 bits per heavy atom. The number of hydrogen-bond donors (Lipinski definition) is 2. The fourth-order valence-corrected chi connectivity index (χ4v) is 1.72. The summed E-state index contributed by atoms with van der Waals surface area (Å²) in [7, 11) is 0. The number of aromatic nitrogens is 2. The van der Waals surface area contributed by atoms with Crippen LogP contribution in [0.2, 0.25) is 0 Å². The number of nitriles is 1. The first-order valence-corrected chi connectivity index (χ1v) is 5.79. The second-order valence-electron chi connectivity index (χ2n) is 4.53. The number of nitrogens with one attached hydrogen (secondary N) is 1. The molecule has 0 spiro atoms. The Morgan fingerprint density at radius 2 is 2.18 bits per heavy atom. The van der Waals surface area contributed by atoms with Gasteiger partial charge in [-0.25, -0.2) is 0 Å². The van der Waals surface area contributed by atoms with Crippen molar-refractivity contribution in [1.82, 2.24) is 10.2 Å². The highest BCUT2D eigenvalue weighted by atomic mass is 16.3. The Hall–Kier alpha value is -1.67. The summed E-state index contributed by atoms with van der Waals surface area (Å²) in [6.07, 6.45) is 1.82. The van der Waals surface area contributed by atoms with Gasteiger partial charge in [0, 0.05) is 6.54 Å². The summed E-state index contributed by atoms with van der Waals surface area (Å²) < 4.78 is 0. The van der Waals surface area contributed by atoms with Gasteiger partial charge < -0.3 is 10.4 Å². The van der Waals surface area contributed by atoms with E-state index in [2.05, 4.69) is 21.6 Å².